The number of ether oxygens (including phenoxy) is 2. The van der Waals surface area contributed by atoms with E-state index in [1.54, 1.807) is 48.4 Å². The molecule has 0 amide bonds. The van der Waals surface area contributed by atoms with E-state index in [9.17, 15) is 9.59 Å². The Balaban J connectivity index is 3.73. The summed E-state index contributed by atoms with van der Waals surface area (Å²) in [6.45, 7) is 9.74. The standard InChI is InChI=1S/C14H24O4S2/c1-6-11(2)20-19-9-7-8-17-12(15)10-13(16)18-14(3,4)5/h7,9,11H,6,8,10H2,1-5H3. The number of esters is 2. The molecule has 6 heteroatoms. The van der Waals surface area contributed by atoms with Gasteiger partial charge in [-0.1, -0.05) is 35.4 Å². The second-order valence-electron chi connectivity index (χ2n) is 5.23. The van der Waals surface area contributed by atoms with Crippen LogP contribution in [0.15, 0.2) is 11.5 Å². The van der Waals surface area contributed by atoms with Gasteiger partial charge in [0.2, 0.25) is 0 Å². The molecule has 116 valence electrons. The normalized spacial score (nSPS) is 13.2. The lowest BCUT2D eigenvalue weighted by Gasteiger charge is -2.18. The minimum atomic E-state index is -0.582. The van der Waals surface area contributed by atoms with Gasteiger partial charge < -0.3 is 9.47 Å². The van der Waals surface area contributed by atoms with Gasteiger partial charge in [0, 0.05) is 5.25 Å². The Kier molecular flexibility index (Phi) is 9.84. The van der Waals surface area contributed by atoms with Crippen molar-refractivity contribution in [1.29, 1.82) is 0 Å². The van der Waals surface area contributed by atoms with Crippen molar-refractivity contribution in [3.05, 3.63) is 11.5 Å². The van der Waals surface area contributed by atoms with E-state index in [4.69, 9.17) is 9.47 Å². The first kappa shape index (κ1) is 19.4. The van der Waals surface area contributed by atoms with Crippen LogP contribution in [0.3, 0.4) is 0 Å². The van der Waals surface area contributed by atoms with Crippen LogP contribution in [0.4, 0.5) is 0 Å². The van der Waals surface area contributed by atoms with Crippen LogP contribution in [0.25, 0.3) is 0 Å². The van der Waals surface area contributed by atoms with Crippen molar-refractivity contribution in [1.82, 2.24) is 0 Å². The quantitative estimate of drug-likeness (QED) is 0.383. The second kappa shape index (κ2) is 10.2. The highest BCUT2D eigenvalue weighted by molar-refractivity contribution is 8.78. The number of carbonyl (C=O) groups is 2. The lowest BCUT2D eigenvalue weighted by molar-refractivity contribution is -0.161. The molecule has 0 saturated carbocycles. The number of hydrogen-bond acceptors (Lipinski definition) is 6. The summed E-state index contributed by atoms with van der Waals surface area (Å²) < 4.78 is 9.94. The summed E-state index contributed by atoms with van der Waals surface area (Å²) in [7, 11) is 3.38. The van der Waals surface area contributed by atoms with E-state index in [1.807, 2.05) is 5.41 Å². The molecule has 0 aliphatic carbocycles. The van der Waals surface area contributed by atoms with Crippen LogP contribution in [0.5, 0.6) is 0 Å². The summed E-state index contributed by atoms with van der Waals surface area (Å²) in [5.74, 6) is -1.13. The average Bonchev–Trinajstić information content (AvgIpc) is 2.30. The first-order valence-corrected chi connectivity index (χ1v) is 8.86. The Morgan fingerprint density at radius 2 is 1.90 bits per heavy atom. The minimum absolute atomic E-state index is 0.176. The number of rotatable bonds is 8. The zero-order chi connectivity index (χ0) is 15.6. The fraction of sp³-hybridized carbons (Fsp3) is 0.714. The van der Waals surface area contributed by atoms with E-state index < -0.39 is 17.5 Å². The Bertz CT molecular complexity index is 335. The monoisotopic (exact) mass is 320 g/mol. The summed E-state index contributed by atoms with van der Waals surface area (Å²) in [4.78, 5) is 22.7. The van der Waals surface area contributed by atoms with E-state index in [0.717, 1.165) is 6.42 Å². The van der Waals surface area contributed by atoms with Crippen LogP contribution in [0, 0.1) is 0 Å². The van der Waals surface area contributed by atoms with E-state index >= 15 is 0 Å². The van der Waals surface area contributed by atoms with Gasteiger partial charge in [0.25, 0.3) is 0 Å². The molecule has 0 aromatic heterocycles. The molecule has 0 saturated heterocycles. The van der Waals surface area contributed by atoms with Gasteiger partial charge in [-0.3, -0.25) is 9.59 Å². The van der Waals surface area contributed by atoms with E-state index in [1.165, 1.54) is 0 Å². The van der Waals surface area contributed by atoms with Crippen LogP contribution in [0.2, 0.25) is 0 Å². The largest absolute Gasteiger partial charge is 0.461 e. The van der Waals surface area contributed by atoms with Gasteiger partial charge in [-0.25, -0.2) is 0 Å². The first-order chi connectivity index (χ1) is 9.24. The van der Waals surface area contributed by atoms with Crippen LogP contribution >= 0.6 is 21.6 Å². The highest BCUT2D eigenvalue weighted by Gasteiger charge is 2.19. The molecule has 0 radical (unpaired) electrons. The van der Waals surface area contributed by atoms with Crippen molar-refractivity contribution < 1.29 is 19.1 Å². The van der Waals surface area contributed by atoms with E-state index in [0.29, 0.717) is 5.25 Å². The molecule has 0 aliphatic rings. The van der Waals surface area contributed by atoms with Gasteiger partial charge >= 0.3 is 11.9 Å². The summed E-state index contributed by atoms with van der Waals surface area (Å²) in [5.41, 5.74) is -0.582. The topological polar surface area (TPSA) is 52.6 Å². The lowest BCUT2D eigenvalue weighted by atomic mass is 10.2. The lowest BCUT2D eigenvalue weighted by Crippen LogP contribution is -2.25. The highest BCUT2D eigenvalue weighted by Crippen LogP contribution is 2.28. The first-order valence-electron chi connectivity index (χ1n) is 6.59. The van der Waals surface area contributed by atoms with Crippen LogP contribution < -0.4 is 0 Å². The molecular weight excluding hydrogens is 296 g/mol. The van der Waals surface area contributed by atoms with Crippen molar-refractivity contribution >= 4 is 33.5 Å². The van der Waals surface area contributed by atoms with Crippen LogP contribution in [0.1, 0.15) is 47.5 Å². The predicted octanol–water partition coefficient (Wildman–Crippen LogP) is 3.96. The predicted molar refractivity (Wildman–Crippen MR) is 85.5 cm³/mol. The molecule has 0 rings (SSSR count). The Morgan fingerprint density at radius 3 is 2.45 bits per heavy atom. The molecule has 0 heterocycles. The summed E-state index contributed by atoms with van der Waals surface area (Å²) >= 11 is 0. The Labute approximate surface area is 129 Å². The molecule has 20 heavy (non-hydrogen) atoms. The Morgan fingerprint density at radius 1 is 1.25 bits per heavy atom. The van der Waals surface area contributed by atoms with Crippen molar-refractivity contribution in [3.63, 3.8) is 0 Å². The molecule has 0 N–H and O–H groups in total. The molecule has 1 unspecified atom stereocenters. The fourth-order valence-electron chi connectivity index (χ4n) is 0.961. The third kappa shape index (κ3) is 12.4. The minimum Gasteiger partial charge on any atom is -0.461 e. The van der Waals surface area contributed by atoms with Crippen molar-refractivity contribution in [2.75, 3.05) is 6.61 Å². The van der Waals surface area contributed by atoms with Gasteiger partial charge in [-0.2, -0.15) is 0 Å². The SMILES string of the molecule is CCC(C)SSC=CCOC(=O)CC(=O)OC(C)(C)C. The van der Waals surface area contributed by atoms with E-state index in [2.05, 4.69) is 13.8 Å². The molecule has 0 aliphatic heterocycles. The summed E-state index contributed by atoms with van der Waals surface area (Å²) in [5, 5.41) is 2.48. The van der Waals surface area contributed by atoms with Gasteiger partial charge in [0.1, 0.15) is 18.6 Å². The third-order valence-electron chi connectivity index (χ3n) is 2.00. The molecule has 0 aromatic rings. The van der Waals surface area contributed by atoms with Crippen molar-refractivity contribution in [2.45, 2.75) is 58.3 Å². The Hall–Kier alpha value is -0.620. The summed E-state index contributed by atoms with van der Waals surface area (Å²) in [6, 6.07) is 0. The second-order valence-corrected chi connectivity index (χ2v) is 7.85. The fourth-order valence-corrected chi connectivity index (χ4v) is 2.91. The zero-order valence-electron chi connectivity index (χ0n) is 12.8. The van der Waals surface area contributed by atoms with E-state index in [-0.39, 0.29) is 13.0 Å². The van der Waals surface area contributed by atoms with Gasteiger partial charge in [-0.05, 0) is 38.7 Å². The van der Waals surface area contributed by atoms with Crippen molar-refractivity contribution in [3.8, 4) is 0 Å². The highest BCUT2D eigenvalue weighted by atomic mass is 33.1. The maximum atomic E-state index is 11.4. The maximum absolute atomic E-state index is 11.4. The van der Waals surface area contributed by atoms with Gasteiger partial charge in [0.15, 0.2) is 0 Å². The van der Waals surface area contributed by atoms with Crippen molar-refractivity contribution in [2.24, 2.45) is 0 Å². The number of hydrogen-bond donors (Lipinski definition) is 0. The molecule has 0 fully saturated rings. The summed E-state index contributed by atoms with van der Waals surface area (Å²) in [6.07, 6.45) is 2.53. The average molecular weight is 320 g/mol. The molecule has 4 nitrogen and oxygen atoms in total. The molecule has 1 atom stereocenters. The maximum Gasteiger partial charge on any atom is 0.317 e. The molecule has 0 bridgehead atoms. The van der Waals surface area contributed by atoms with Gasteiger partial charge in [0.05, 0.1) is 0 Å². The number of carbonyl (C=O) groups excluding carboxylic acids is 2. The molecular formula is C14H24O4S2. The van der Waals surface area contributed by atoms with Gasteiger partial charge in [-0.15, -0.1) is 0 Å². The zero-order valence-corrected chi connectivity index (χ0v) is 14.4. The van der Waals surface area contributed by atoms with Crippen LogP contribution in [-0.4, -0.2) is 29.4 Å². The third-order valence-corrected chi connectivity index (χ3v) is 4.72. The molecule has 0 spiro atoms. The smallest absolute Gasteiger partial charge is 0.317 e. The molecule has 0 aromatic carbocycles. The van der Waals surface area contributed by atoms with Crippen LogP contribution in [-0.2, 0) is 19.1 Å².